The molecule has 16 heteroatoms. The Balaban J connectivity index is 2.47. The molecule has 0 fully saturated rings. The molecule has 0 radical (unpaired) electrons. The summed E-state index contributed by atoms with van der Waals surface area (Å²) in [6.07, 6.45) is 0. The third kappa shape index (κ3) is 8.22. The van der Waals surface area contributed by atoms with Gasteiger partial charge in [0.1, 0.15) is 5.75 Å². The zero-order valence-corrected chi connectivity index (χ0v) is 24.8. The number of benzene rings is 2. The van der Waals surface area contributed by atoms with Crippen LogP contribution in [0.1, 0.15) is 48.4 Å². The molecule has 0 spiro atoms. The number of amides is 2. The Morgan fingerprint density at radius 1 is 1.00 bits per heavy atom. The number of carbonyl (C=O) groups is 2. The summed E-state index contributed by atoms with van der Waals surface area (Å²) in [6.45, 7) is 6.47. The van der Waals surface area contributed by atoms with Gasteiger partial charge < -0.3 is 4.18 Å². The van der Waals surface area contributed by atoms with Gasteiger partial charge in [0.25, 0.3) is 11.8 Å². The van der Waals surface area contributed by atoms with Crippen molar-refractivity contribution >= 4 is 80.1 Å². The number of nitrogens with zero attached hydrogens (tertiary/aromatic N) is 2. The summed E-state index contributed by atoms with van der Waals surface area (Å²) in [4.78, 5) is 27.5. The van der Waals surface area contributed by atoms with E-state index in [1.54, 1.807) is 27.7 Å². The average molecular weight is 656 g/mol. The van der Waals surface area contributed by atoms with Crippen LogP contribution in [0.25, 0.3) is 0 Å². The van der Waals surface area contributed by atoms with Crippen LogP contribution in [-0.2, 0) is 10.1 Å². The fourth-order valence-electron chi connectivity index (χ4n) is 3.14. The monoisotopic (exact) mass is 654 g/mol. The second-order valence-electron chi connectivity index (χ2n) is 8.51. The molecule has 0 saturated carbocycles. The van der Waals surface area contributed by atoms with Gasteiger partial charge in [-0.15, -0.1) is 0 Å². The van der Waals surface area contributed by atoms with E-state index < -0.39 is 41.9 Å². The average Bonchev–Trinajstić information content (AvgIpc) is 2.73. The lowest BCUT2D eigenvalue weighted by molar-refractivity contribution is -0.0500. The Kier molecular flexibility index (Phi) is 10.2. The summed E-state index contributed by atoms with van der Waals surface area (Å²) in [5.41, 5.74) is -6.87. The van der Waals surface area contributed by atoms with Crippen molar-refractivity contribution in [2.24, 2.45) is 0 Å². The summed E-state index contributed by atoms with van der Waals surface area (Å²) in [7, 11) is -5.96. The molecule has 0 N–H and O–H groups in total. The van der Waals surface area contributed by atoms with E-state index in [1.807, 2.05) is 0 Å². The Labute approximate surface area is 242 Å². The number of hydrazine groups is 1. The smallest absolute Gasteiger partial charge is 0.376 e. The van der Waals surface area contributed by atoms with Crippen LogP contribution >= 0.6 is 58.2 Å². The molecule has 0 aromatic heterocycles. The van der Waals surface area contributed by atoms with Gasteiger partial charge in [-0.1, -0.05) is 64.2 Å². The largest absolute Gasteiger partial charge is 0.534 e. The number of hydrogen-bond donors (Lipinski definition) is 0. The molecule has 0 aliphatic carbocycles. The quantitative estimate of drug-likeness (QED) is 0.107. The predicted octanol–water partition coefficient (Wildman–Crippen LogP) is 7.31. The summed E-state index contributed by atoms with van der Waals surface area (Å²) >= 11 is 24.6. The number of halogens is 7. The molecular formula is C22H21Cl4F3N2O5S2. The second kappa shape index (κ2) is 11.9. The van der Waals surface area contributed by atoms with Gasteiger partial charge in [0.15, 0.2) is 0 Å². The van der Waals surface area contributed by atoms with E-state index in [0.717, 1.165) is 40.0 Å². The van der Waals surface area contributed by atoms with Crippen LogP contribution in [-0.4, -0.2) is 51.0 Å². The summed E-state index contributed by atoms with van der Waals surface area (Å²) in [6, 6.07) is 8.48. The van der Waals surface area contributed by atoms with Crippen LogP contribution in [0.15, 0.2) is 47.4 Å². The van der Waals surface area contributed by atoms with Crippen molar-refractivity contribution < 1.29 is 35.4 Å². The number of thioether (sulfide) groups is 1. The van der Waals surface area contributed by atoms with Crippen LogP contribution in [0.5, 0.6) is 5.75 Å². The SMILES string of the molecule is CCN(C(=O)c1cccc(OS(=O)(=O)C(F)(F)F)c1)N(C(=O)c1ccc(SC(Cl)(Cl)Cl)cc1Cl)C(C)(C)C. The maximum Gasteiger partial charge on any atom is 0.534 e. The normalized spacial score (nSPS) is 12.7. The van der Waals surface area contributed by atoms with Crippen LogP contribution in [0.3, 0.4) is 0 Å². The molecule has 0 aliphatic heterocycles. The van der Waals surface area contributed by atoms with Crippen LogP contribution in [0.4, 0.5) is 13.2 Å². The van der Waals surface area contributed by atoms with E-state index >= 15 is 0 Å². The molecule has 7 nitrogen and oxygen atoms in total. The van der Waals surface area contributed by atoms with Gasteiger partial charge in [-0.05, 0) is 64.1 Å². The van der Waals surface area contributed by atoms with Gasteiger partial charge in [0, 0.05) is 17.0 Å². The van der Waals surface area contributed by atoms with Crippen LogP contribution < -0.4 is 4.18 Å². The van der Waals surface area contributed by atoms with Gasteiger partial charge >= 0.3 is 15.6 Å². The van der Waals surface area contributed by atoms with Crippen molar-refractivity contribution in [2.45, 2.75) is 46.8 Å². The van der Waals surface area contributed by atoms with Gasteiger partial charge in [-0.25, -0.2) is 10.0 Å². The molecule has 2 rings (SSSR count). The second-order valence-corrected chi connectivity index (χ2v) is 14.7. The first-order valence-electron chi connectivity index (χ1n) is 10.5. The lowest BCUT2D eigenvalue weighted by Crippen LogP contribution is -2.58. The van der Waals surface area contributed by atoms with Gasteiger partial charge in [-0.3, -0.25) is 9.59 Å². The standard InChI is InChI=1S/C22H21Cl4F3N2O5S2/c1-5-30(18(32)13-7-6-8-14(11-13)36-38(34,35)22(27,28)29)31(20(2,3)4)19(33)16-10-9-15(12-17(16)23)37-21(24,25)26/h6-12H,5H2,1-4H3. The van der Waals surface area contributed by atoms with E-state index in [-0.39, 0.29) is 22.7 Å². The highest BCUT2D eigenvalue weighted by atomic mass is 35.6. The van der Waals surface area contributed by atoms with E-state index in [2.05, 4.69) is 4.18 Å². The molecule has 2 aromatic carbocycles. The van der Waals surface area contributed by atoms with Crippen LogP contribution in [0.2, 0.25) is 5.02 Å². The molecule has 0 bridgehead atoms. The van der Waals surface area contributed by atoms with Crippen molar-refractivity contribution in [1.29, 1.82) is 0 Å². The molecule has 0 aliphatic rings. The highest BCUT2D eigenvalue weighted by molar-refractivity contribution is 8.04. The maximum atomic E-state index is 13.6. The lowest BCUT2D eigenvalue weighted by atomic mass is 10.1. The first-order chi connectivity index (χ1) is 17.2. The first kappa shape index (κ1) is 32.6. The molecule has 2 aromatic rings. The Hall–Kier alpha value is -1.57. The maximum absolute atomic E-state index is 13.6. The van der Waals surface area contributed by atoms with E-state index in [0.29, 0.717) is 4.90 Å². The molecule has 0 saturated heterocycles. The first-order valence-corrected chi connectivity index (χ1v) is 14.2. The molecule has 210 valence electrons. The van der Waals surface area contributed by atoms with Crippen molar-refractivity contribution in [2.75, 3.05) is 6.54 Å². The van der Waals surface area contributed by atoms with Crippen LogP contribution in [0, 0.1) is 0 Å². The zero-order valence-electron chi connectivity index (χ0n) is 20.1. The minimum absolute atomic E-state index is 0.0137. The lowest BCUT2D eigenvalue weighted by Gasteiger charge is -2.43. The fourth-order valence-corrected chi connectivity index (χ4v) is 5.30. The summed E-state index contributed by atoms with van der Waals surface area (Å²) < 4.78 is 63.4. The fraction of sp³-hybridized carbons (Fsp3) is 0.364. The highest BCUT2D eigenvalue weighted by Crippen LogP contribution is 2.44. The third-order valence-corrected chi connectivity index (χ3v) is 7.29. The minimum Gasteiger partial charge on any atom is -0.376 e. The number of rotatable bonds is 6. The molecule has 0 unspecified atom stereocenters. The molecule has 38 heavy (non-hydrogen) atoms. The third-order valence-electron chi connectivity index (χ3n) is 4.58. The molecule has 0 heterocycles. The Morgan fingerprint density at radius 2 is 1.61 bits per heavy atom. The number of alkyl halides is 6. The summed E-state index contributed by atoms with van der Waals surface area (Å²) in [5.74, 6) is -2.22. The molecule has 2 amide bonds. The van der Waals surface area contributed by atoms with E-state index in [1.165, 1.54) is 24.3 Å². The number of hydrogen-bond acceptors (Lipinski definition) is 6. The highest BCUT2D eigenvalue weighted by Gasteiger charge is 2.48. The van der Waals surface area contributed by atoms with E-state index in [9.17, 15) is 31.2 Å². The van der Waals surface area contributed by atoms with Crippen molar-refractivity contribution in [1.82, 2.24) is 10.0 Å². The Morgan fingerprint density at radius 3 is 2.08 bits per heavy atom. The van der Waals surface area contributed by atoms with Gasteiger partial charge in [-0.2, -0.15) is 21.6 Å². The Bertz CT molecular complexity index is 1310. The number of carbonyl (C=O) groups excluding carboxylic acids is 2. The predicted molar refractivity (Wildman–Crippen MR) is 142 cm³/mol. The van der Waals surface area contributed by atoms with Crippen molar-refractivity contribution in [3.05, 3.63) is 58.6 Å². The summed E-state index contributed by atoms with van der Waals surface area (Å²) in [5, 5.41) is 2.21. The molecule has 0 atom stereocenters. The van der Waals surface area contributed by atoms with Crippen molar-refractivity contribution in [3.8, 4) is 5.75 Å². The van der Waals surface area contributed by atoms with Gasteiger partial charge in [0.2, 0.25) is 3.12 Å². The van der Waals surface area contributed by atoms with Crippen molar-refractivity contribution in [3.63, 3.8) is 0 Å². The minimum atomic E-state index is -5.96. The van der Waals surface area contributed by atoms with E-state index in [4.69, 9.17) is 46.4 Å². The topological polar surface area (TPSA) is 84.0 Å². The van der Waals surface area contributed by atoms with Gasteiger partial charge in [0.05, 0.1) is 16.1 Å². The zero-order chi connectivity index (χ0) is 29.3. The molecular weight excluding hydrogens is 635 g/mol.